The second kappa shape index (κ2) is 5.49. The number of furan rings is 1. The molecule has 1 aliphatic heterocycles. The van der Waals surface area contributed by atoms with Crippen LogP contribution in [0.4, 0.5) is 5.69 Å². The number of benzene rings is 1. The van der Waals surface area contributed by atoms with Crippen LogP contribution in [-0.4, -0.2) is 16.0 Å². The quantitative estimate of drug-likeness (QED) is 0.514. The van der Waals surface area contributed by atoms with Crippen molar-refractivity contribution in [2.75, 3.05) is 0 Å². The average Bonchev–Trinajstić information content (AvgIpc) is 3.06. The minimum atomic E-state index is -0.472. The van der Waals surface area contributed by atoms with Gasteiger partial charge in [0.15, 0.2) is 5.17 Å². The maximum absolute atomic E-state index is 11.5. The van der Waals surface area contributed by atoms with Crippen LogP contribution < -0.4 is 5.32 Å². The molecule has 1 saturated heterocycles. The maximum Gasteiger partial charge on any atom is 0.270 e. The van der Waals surface area contributed by atoms with Crippen molar-refractivity contribution in [2.45, 2.75) is 0 Å². The highest BCUT2D eigenvalue weighted by atomic mass is 32.2. The standard InChI is InChI=1S/C14H9N3O4S/c15-14-16-13(18)12(22-14)7-10-4-5-11(21-10)8-2-1-3-9(6-8)17(19)20/h1-7H,(H2,15,16,18). The van der Waals surface area contributed by atoms with Gasteiger partial charge < -0.3 is 9.73 Å². The second-order valence-corrected chi connectivity index (χ2v) is 5.46. The van der Waals surface area contributed by atoms with Crippen molar-refractivity contribution in [1.82, 2.24) is 5.32 Å². The number of amides is 1. The topological polar surface area (TPSA) is 109 Å². The number of amidine groups is 1. The Bertz CT molecular complexity index is 825. The van der Waals surface area contributed by atoms with Gasteiger partial charge in [-0.25, -0.2) is 0 Å². The van der Waals surface area contributed by atoms with Gasteiger partial charge in [-0.15, -0.1) is 0 Å². The summed E-state index contributed by atoms with van der Waals surface area (Å²) in [6.45, 7) is 0. The van der Waals surface area contributed by atoms with Crippen LogP contribution in [0.2, 0.25) is 0 Å². The molecule has 0 radical (unpaired) electrons. The molecule has 0 spiro atoms. The Hall–Kier alpha value is -2.87. The number of hydrogen-bond donors (Lipinski definition) is 2. The summed E-state index contributed by atoms with van der Waals surface area (Å²) >= 11 is 1.01. The number of thioether (sulfide) groups is 1. The Kier molecular flexibility index (Phi) is 3.51. The lowest BCUT2D eigenvalue weighted by atomic mass is 10.1. The van der Waals surface area contributed by atoms with Crippen LogP contribution >= 0.6 is 11.8 Å². The fourth-order valence-corrected chi connectivity index (χ4v) is 2.61. The van der Waals surface area contributed by atoms with E-state index in [9.17, 15) is 14.9 Å². The molecule has 3 rings (SSSR count). The first-order valence-corrected chi connectivity index (χ1v) is 6.99. The fraction of sp³-hybridized carbons (Fsp3) is 0. The van der Waals surface area contributed by atoms with Gasteiger partial charge in [-0.2, -0.15) is 0 Å². The maximum atomic E-state index is 11.5. The third-order valence-electron chi connectivity index (χ3n) is 2.90. The summed E-state index contributed by atoms with van der Waals surface area (Å²) in [6.07, 6.45) is 1.53. The van der Waals surface area contributed by atoms with Crippen LogP contribution in [0.3, 0.4) is 0 Å². The Morgan fingerprint density at radius 2 is 2.14 bits per heavy atom. The van der Waals surface area contributed by atoms with E-state index in [-0.39, 0.29) is 16.8 Å². The van der Waals surface area contributed by atoms with Gasteiger partial charge in [0.2, 0.25) is 0 Å². The Labute approximate surface area is 128 Å². The van der Waals surface area contributed by atoms with Gasteiger partial charge in [0.1, 0.15) is 11.5 Å². The summed E-state index contributed by atoms with van der Waals surface area (Å²) in [5.41, 5.74) is 0.558. The monoisotopic (exact) mass is 315 g/mol. The minimum Gasteiger partial charge on any atom is -0.457 e. The van der Waals surface area contributed by atoms with Crippen molar-refractivity contribution in [3.63, 3.8) is 0 Å². The van der Waals surface area contributed by atoms with Crippen molar-refractivity contribution in [3.8, 4) is 11.3 Å². The predicted molar refractivity (Wildman–Crippen MR) is 82.2 cm³/mol. The van der Waals surface area contributed by atoms with E-state index in [1.54, 1.807) is 24.3 Å². The highest BCUT2D eigenvalue weighted by Gasteiger charge is 2.22. The molecule has 2 aromatic rings. The zero-order chi connectivity index (χ0) is 15.7. The minimum absolute atomic E-state index is 0.0204. The number of nitro benzene ring substituents is 1. The van der Waals surface area contributed by atoms with Gasteiger partial charge in [-0.05, 0) is 23.9 Å². The number of carbonyl (C=O) groups excluding carboxylic acids is 1. The summed E-state index contributed by atoms with van der Waals surface area (Å²) in [6, 6.07) is 9.44. The second-order valence-electron chi connectivity index (χ2n) is 4.40. The lowest BCUT2D eigenvalue weighted by Crippen LogP contribution is -2.18. The zero-order valence-corrected chi connectivity index (χ0v) is 11.8. The Morgan fingerprint density at radius 1 is 1.32 bits per heavy atom. The Balaban J connectivity index is 1.90. The van der Waals surface area contributed by atoms with E-state index in [0.717, 1.165) is 11.8 Å². The van der Waals surface area contributed by atoms with Gasteiger partial charge in [0, 0.05) is 23.8 Å². The average molecular weight is 315 g/mol. The molecule has 0 atom stereocenters. The molecule has 1 amide bonds. The molecule has 1 aliphatic rings. The molecule has 1 aromatic heterocycles. The highest BCUT2D eigenvalue weighted by Crippen LogP contribution is 2.29. The number of nitrogens with zero attached hydrogens (tertiary/aromatic N) is 1. The van der Waals surface area contributed by atoms with E-state index in [1.165, 1.54) is 18.2 Å². The van der Waals surface area contributed by atoms with Gasteiger partial charge in [0.25, 0.3) is 11.6 Å². The molecule has 0 saturated carbocycles. The molecular weight excluding hydrogens is 306 g/mol. The van der Waals surface area contributed by atoms with Crippen molar-refractivity contribution in [2.24, 2.45) is 0 Å². The van der Waals surface area contributed by atoms with Crippen LogP contribution in [0.15, 0.2) is 45.7 Å². The number of nitro groups is 1. The number of hydrogen-bond acceptors (Lipinski definition) is 6. The molecule has 0 bridgehead atoms. The van der Waals surface area contributed by atoms with E-state index in [2.05, 4.69) is 5.32 Å². The Morgan fingerprint density at radius 3 is 2.82 bits per heavy atom. The van der Waals surface area contributed by atoms with Crippen molar-refractivity contribution < 1.29 is 14.1 Å². The molecule has 1 aromatic carbocycles. The first-order chi connectivity index (χ1) is 10.5. The van der Waals surface area contributed by atoms with Gasteiger partial charge >= 0.3 is 0 Å². The van der Waals surface area contributed by atoms with Gasteiger partial charge in [-0.3, -0.25) is 20.3 Å². The number of nitrogens with one attached hydrogen (secondary N) is 2. The highest BCUT2D eigenvalue weighted by molar-refractivity contribution is 8.18. The van der Waals surface area contributed by atoms with E-state index >= 15 is 0 Å². The molecule has 0 unspecified atom stereocenters. The van der Waals surface area contributed by atoms with Gasteiger partial charge in [-0.1, -0.05) is 12.1 Å². The summed E-state index contributed by atoms with van der Waals surface area (Å²) < 4.78 is 5.59. The predicted octanol–water partition coefficient (Wildman–Crippen LogP) is 2.99. The van der Waals surface area contributed by atoms with Crippen molar-refractivity contribution in [1.29, 1.82) is 5.41 Å². The molecule has 1 fully saturated rings. The first-order valence-electron chi connectivity index (χ1n) is 6.17. The van der Waals surface area contributed by atoms with Crippen LogP contribution in [-0.2, 0) is 4.79 Å². The smallest absolute Gasteiger partial charge is 0.270 e. The van der Waals surface area contributed by atoms with E-state index in [1.807, 2.05) is 0 Å². The van der Waals surface area contributed by atoms with Gasteiger partial charge in [0.05, 0.1) is 9.83 Å². The van der Waals surface area contributed by atoms with Crippen LogP contribution in [0.5, 0.6) is 0 Å². The lowest BCUT2D eigenvalue weighted by molar-refractivity contribution is -0.384. The molecule has 22 heavy (non-hydrogen) atoms. The molecule has 2 N–H and O–H groups in total. The molecule has 8 heteroatoms. The van der Waals surface area contributed by atoms with E-state index in [4.69, 9.17) is 9.83 Å². The molecule has 2 heterocycles. The van der Waals surface area contributed by atoms with E-state index < -0.39 is 4.92 Å². The lowest BCUT2D eigenvalue weighted by Gasteiger charge is -1.97. The zero-order valence-electron chi connectivity index (χ0n) is 11.0. The third-order valence-corrected chi connectivity index (χ3v) is 3.73. The molecule has 110 valence electrons. The van der Waals surface area contributed by atoms with Crippen molar-refractivity contribution >= 4 is 34.6 Å². The third kappa shape index (κ3) is 2.77. The summed E-state index contributed by atoms with van der Waals surface area (Å²) in [7, 11) is 0. The molecule has 7 nitrogen and oxygen atoms in total. The summed E-state index contributed by atoms with van der Waals surface area (Å²) in [5, 5.41) is 20.6. The largest absolute Gasteiger partial charge is 0.457 e. The molecule has 0 aliphatic carbocycles. The number of rotatable bonds is 3. The van der Waals surface area contributed by atoms with Crippen LogP contribution in [0.25, 0.3) is 17.4 Å². The summed E-state index contributed by atoms with van der Waals surface area (Å²) in [5.74, 6) is 0.561. The molecular formula is C14H9N3O4S. The number of non-ortho nitro benzene ring substituents is 1. The normalized spacial score (nSPS) is 16.1. The van der Waals surface area contributed by atoms with E-state index in [0.29, 0.717) is 22.0 Å². The fourth-order valence-electron chi connectivity index (χ4n) is 1.93. The van der Waals surface area contributed by atoms with Crippen LogP contribution in [0, 0.1) is 15.5 Å². The van der Waals surface area contributed by atoms with Crippen LogP contribution in [0.1, 0.15) is 5.76 Å². The first kappa shape index (κ1) is 14.1. The number of carbonyl (C=O) groups is 1. The summed E-state index contributed by atoms with van der Waals surface area (Å²) in [4.78, 5) is 22.2. The van der Waals surface area contributed by atoms with Crippen molar-refractivity contribution in [3.05, 3.63) is 57.2 Å². The SMILES string of the molecule is N=C1NC(=O)C(=Cc2ccc(-c3cccc([N+](=O)[O-])c3)o2)S1.